The number of hydrogen-bond donors (Lipinski definition) is 1. The number of amides is 1. The molecule has 0 radical (unpaired) electrons. The van der Waals surface area contributed by atoms with E-state index in [-0.39, 0.29) is 18.3 Å². The molecule has 26 heavy (non-hydrogen) atoms. The Balaban J connectivity index is 1.70. The van der Waals surface area contributed by atoms with E-state index in [2.05, 4.69) is 4.90 Å². The van der Waals surface area contributed by atoms with Gasteiger partial charge in [-0.25, -0.2) is 4.39 Å². The van der Waals surface area contributed by atoms with Crippen molar-refractivity contribution in [1.82, 2.24) is 9.80 Å². The molecule has 1 unspecified atom stereocenters. The average molecular weight is 364 g/mol. The number of hydrogen-bond acceptors (Lipinski definition) is 4. The molecule has 2 aliphatic heterocycles. The molecule has 1 amide bonds. The quantitative estimate of drug-likeness (QED) is 0.873. The van der Waals surface area contributed by atoms with Crippen molar-refractivity contribution in [2.75, 3.05) is 33.3 Å². The van der Waals surface area contributed by atoms with Crippen LogP contribution < -0.4 is 4.74 Å². The number of nitrogens with zero attached hydrogens (tertiary/aromatic N) is 2. The van der Waals surface area contributed by atoms with Crippen LogP contribution >= 0.6 is 0 Å². The minimum Gasteiger partial charge on any atom is -0.497 e. The fourth-order valence-electron chi connectivity index (χ4n) is 4.03. The van der Waals surface area contributed by atoms with Gasteiger partial charge in [-0.05, 0) is 57.0 Å². The topological polar surface area (TPSA) is 53.0 Å². The zero-order valence-corrected chi connectivity index (χ0v) is 15.5. The molecule has 1 atom stereocenters. The molecule has 2 heterocycles. The van der Waals surface area contributed by atoms with E-state index in [0.29, 0.717) is 30.8 Å². The first-order chi connectivity index (χ1) is 12.5. The molecule has 144 valence electrons. The van der Waals surface area contributed by atoms with Crippen molar-refractivity contribution in [2.24, 2.45) is 0 Å². The smallest absolute Gasteiger partial charge is 0.256 e. The van der Waals surface area contributed by atoms with Gasteiger partial charge in [-0.2, -0.15) is 0 Å². The second-order valence-corrected chi connectivity index (χ2v) is 7.51. The van der Waals surface area contributed by atoms with Crippen molar-refractivity contribution >= 4 is 5.91 Å². The van der Waals surface area contributed by atoms with E-state index in [1.807, 2.05) is 0 Å². The van der Waals surface area contributed by atoms with Gasteiger partial charge in [0, 0.05) is 25.2 Å². The van der Waals surface area contributed by atoms with Gasteiger partial charge >= 0.3 is 0 Å². The lowest BCUT2D eigenvalue weighted by atomic mass is 9.90. The third kappa shape index (κ3) is 4.35. The lowest BCUT2D eigenvalue weighted by Gasteiger charge is -2.40. The van der Waals surface area contributed by atoms with E-state index in [1.54, 1.807) is 17.0 Å². The summed E-state index contributed by atoms with van der Waals surface area (Å²) in [6, 6.07) is 4.53. The highest BCUT2D eigenvalue weighted by molar-refractivity contribution is 5.86. The average Bonchev–Trinajstić information content (AvgIpc) is 2.89. The Hall–Kier alpha value is -1.66. The van der Waals surface area contributed by atoms with Gasteiger partial charge in [-0.1, -0.05) is 12.8 Å². The minimum absolute atomic E-state index is 0.157. The predicted molar refractivity (Wildman–Crippen MR) is 97.5 cm³/mol. The molecular weight excluding hydrogens is 335 g/mol. The second-order valence-electron chi connectivity index (χ2n) is 7.51. The maximum Gasteiger partial charge on any atom is 0.256 e. The third-order valence-electron chi connectivity index (χ3n) is 5.50. The highest BCUT2D eigenvalue weighted by Crippen LogP contribution is 2.27. The Morgan fingerprint density at radius 1 is 1.15 bits per heavy atom. The van der Waals surface area contributed by atoms with Crippen LogP contribution in [0.2, 0.25) is 0 Å². The van der Waals surface area contributed by atoms with Crippen molar-refractivity contribution in [3.63, 3.8) is 0 Å². The molecule has 0 bridgehead atoms. The molecule has 2 fully saturated rings. The van der Waals surface area contributed by atoms with Gasteiger partial charge in [0.2, 0.25) is 0 Å². The number of benzene rings is 1. The van der Waals surface area contributed by atoms with Gasteiger partial charge in [0.25, 0.3) is 5.91 Å². The number of ether oxygens (including phenoxy) is 1. The molecule has 0 aromatic heterocycles. The molecule has 0 spiro atoms. The summed E-state index contributed by atoms with van der Waals surface area (Å²) in [5.41, 5.74) is -0.950. The summed E-state index contributed by atoms with van der Waals surface area (Å²) in [4.78, 5) is 16.8. The van der Waals surface area contributed by atoms with Crippen molar-refractivity contribution in [3.05, 3.63) is 29.6 Å². The molecule has 2 saturated heterocycles. The summed E-state index contributed by atoms with van der Waals surface area (Å²) >= 11 is 0. The fourth-order valence-corrected chi connectivity index (χ4v) is 4.03. The number of carbonyl (C=O) groups is 1. The van der Waals surface area contributed by atoms with Crippen LogP contribution in [-0.2, 0) is 11.3 Å². The molecular formula is C20H29FN2O3. The molecule has 1 aromatic carbocycles. The van der Waals surface area contributed by atoms with E-state index in [0.717, 1.165) is 32.4 Å². The summed E-state index contributed by atoms with van der Waals surface area (Å²) in [7, 11) is 1.53. The first kappa shape index (κ1) is 19.1. The Kier molecular flexibility index (Phi) is 6.14. The second kappa shape index (κ2) is 8.35. The predicted octanol–water partition coefficient (Wildman–Crippen LogP) is 2.56. The van der Waals surface area contributed by atoms with E-state index >= 15 is 0 Å². The summed E-state index contributed by atoms with van der Waals surface area (Å²) in [5.74, 6) is -0.0823. The SMILES string of the molecule is COc1ccc(F)c(CN2CCCC(O)(CN3CCCCCC3)C2=O)c1. The summed E-state index contributed by atoms with van der Waals surface area (Å²) in [5, 5.41) is 11.1. The number of rotatable bonds is 5. The van der Waals surface area contributed by atoms with Crippen LogP contribution in [0.4, 0.5) is 4.39 Å². The summed E-state index contributed by atoms with van der Waals surface area (Å²) in [6.07, 6.45) is 5.85. The highest BCUT2D eigenvalue weighted by atomic mass is 19.1. The maximum atomic E-state index is 14.1. The van der Waals surface area contributed by atoms with Gasteiger partial charge in [0.15, 0.2) is 5.60 Å². The number of aliphatic hydroxyl groups is 1. The van der Waals surface area contributed by atoms with E-state index in [9.17, 15) is 14.3 Å². The molecule has 0 aliphatic carbocycles. The lowest BCUT2D eigenvalue weighted by Crippen LogP contribution is -2.58. The van der Waals surface area contributed by atoms with Crippen LogP contribution in [0.3, 0.4) is 0 Å². The van der Waals surface area contributed by atoms with Crippen LogP contribution in [0.15, 0.2) is 18.2 Å². The van der Waals surface area contributed by atoms with E-state index in [1.165, 1.54) is 26.0 Å². The number of likely N-dealkylation sites (tertiary alicyclic amines) is 2. The highest BCUT2D eigenvalue weighted by Gasteiger charge is 2.43. The molecule has 0 saturated carbocycles. The largest absolute Gasteiger partial charge is 0.497 e. The Labute approximate surface area is 154 Å². The Morgan fingerprint density at radius 3 is 2.58 bits per heavy atom. The van der Waals surface area contributed by atoms with Gasteiger partial charge < -0.3 is 14.7 Å². The zero-order chi connectivity index (χ0) is 18.6. The van der Waals surface area contributed by atoms with Crippen LogP contribution in [0.25, 0.3) is 0 Å². The Morgan fingerprint density at radius 2 is 1.88 bits per heavy atom. The molecule has 2 aliphatic rings. The first-order valence-corrected chi connectivity index (χ1v) is 9.58. The van der Waals surface area contributed by atoms with Crippen molar-refractivity contribution in [3.8, 4) is 5.75 Å². The first-order valence-electron chi connectivity index (χ1n) is 9.58. The molecule has 1 N–H and O–H groups in total. The van der Waals surface area contributed by atoms with Crippen molar-refractivity contribution in [2.45, 2.75) is 50.7 Å². The number of β-amino-alcohol motifs (C(OH)–C–C–N with tert-alkyl or cyclic N) is 1. The van der Waals surface area contributed by atoms with Crippen LogP contribution in [0.5, 0.6) is 5.75 Å². The minimum atomic E-state index is -1.36. The Bertz CT molecular complexity index is 631. The molecule has 1 aromatic rings. The maximum absolute atomic E-state index is 14.1. The monoisotopic (exact) mass is 364 g/mol. The molecule has 5 nitrogen and oxygen atoms in total. The van der Waals surface area contributed by atoms with Crippen LogP contribution in [0, 0.1) is 5.82 Å². The van der Waals surface area contributed by atoms with E-state index < -0.39 is 5.60 Å². The van der Waals surface area contributed by atoms with Crippen LogP contribution in [-0.4, -0.2) is 59.7 Å². The number of methoxy groups -OCH3 is 1. The van der Waals surface area contributed by atoms with Crippen LogP contribution in [0.1, 0.15) is 44.1 Å². The van der Waals surface area contributed by atoms with Gasteiger partial charge in [-0.3, -0.25) is 9.69 Å². The van der Waals surface area contributed by atoms with E-state index in [4.69, 9.17) is 4.74 Å². The van der Waals surface area contributed by atoms with Gasteiger partial charge in [-0.15, -0.1) is 0 Å². The zero-order valence-electron chi connectivity index (χ0n) is 15.5. The molecule has 6 heteroatoms. The lowest BCUT2D eigenvalue weighted by molar-refractivity contribution is -0.160. The van der Waals surface area contributed by atoms with Gasteiger partial charge in [0.1, 0.15) is 11.6 Å². The number of piperidine rings is 1. The van der Waals surface area contributed by atoms with Crippen molar-refractivity contribution in [1.29, 1.82) is 0 Å². The van der Waals surface area contributed by atoms with Gasteiger partial charge in [0.05, 0.1) is 7.11 Å². The number of carbonyl (C=O) groups excluding carboxylic acids is 1. The summed E-state index contributed by atoms with van der Waals surface area (Å²) < 4.78 is 19.3. The normalized spacial score (nSPS) is 25.2. The third-order valence-corrected chi connectivity index (χ3v) is 5.50. The van der Waals surface area contributed by atoms with Crippen molar-refractivity contribution < 1.29 is 19.0 Å². The fraction of sp³-hybridized carbons (Fsp3) is 0.650. The standard InChI is InChI=1S/C20H29FN2O3/c1-26-17-7-8-18(21)16(13-17)14-23-12-6-9-20(25,19(23)24)15-22-10-4-2-3-5-11-22/h7-8,13,25H,2-6,9-12,14-15H2,1H3. The number of halogens is 1. The molecule has 3 rings (SSSR count). The summed E-state index contributed by atoms with van der Waals surface area (Å²) in [6.45, 7) is 2.94.